The summed E-state index contributed by atoms with van der Waals surface area (Å²) in [7, 11) is 2.06. The number of nitrogens with zero attached hydrogens (tertiary/aromatic N) is 1. The van der Waals surface area contributed by atoms with E-state index in [1.54, 1.807) is 18.2 Å². The van der Waals surface area contributed by atoms with Crippen LogP contribution in [0.1, 0.15) is 42.4 Å². The molecule has 1 aliphatic rings. The van der Waals surface area contributed by atoms with Crippen molar-refractivity contribution in [1.29, 1.82) is 0 Å². The average Bonchev–Trinajstić information content (AvgIpc) is 3.02. The van der Waals surface area contributed by atoms with Gasteiger partial charge in [-0.1, -0.05) is 37.3 Å². The van der Waals surface area contributed by atoms with Gasteiger partial charge in [0.05, 0.1) is 5.56 Å². The summed E-state index contributed by atoms with van der Waals surface area (Å²) in [6, 6.07) is 11.9. The smallest absolute Gasteiger partial charge is 0.303 e. The molecule has 0 N–H and O–H groups in total. The fraction of sp³-hybridized carbons (Fsp3) is 0.429. The number of alkyl halides is 3. The van der Waals surface area contributed by atoms with Gasteiger partial charge in [0.1, 0.15) is 5.82 Å². The van der Waals surface area contributed by atoms with Crippen molar-refractivity contribution < 1.29 is 17.6 Å². The van der Waals surface area contributed by atoms with Gasteiger partial charge in [0.2, 0.25) is 0 Å². The molecule has 1 nitrogen and oxygen atoms in total. The van der Waals surface area contributed by atoms with Crippen LogP contribution in [0.4, 0.5) is 17.6 Å². The summed E-state index contributed by atoms with van der Waals surface area (Å²) < 4.78 is 53.0. The van der Waals surface area contributed by atoms with Crippen LogP contribution in [-0.4, -0.2) is 24.5 Å². The van der Waals surface area contributed by atoms with Crippen LogP contribution in [0.3, 0.4) is 0 Å². The summed E-state index contributed by atoms with van der Waals surface area (Å²) in [5, 5.41) is 0. The lowest BCUT2D eigenvalue weighted by Crippen LogP contribution is -2.34. The van der Waals surface area contributed by atoms with Crippen molar-refractivity contribution in [2.75, 3.05) is 13.6 Å². The van der Waals surface area contributed by atoms with E-state index < -0.39 is 11.7 Å². The maximum absolute atomic E-state index is 13.4. The summed E-state index contributed by atoms with van der Waals surface area (Å²) in [4.78, 5) is 2.27. The molecule has 0 unspecified atom stereocenters. The Bertz CT molecular complexity index is 738. The lowest BCUT2D eigenvalue weighted by Gasteiger charge is -2.33. The van der Waals surface area contributed by atoms with Gasteiger partial charge >= 0.3 is 6.18 Å². The van der Waals surface area contributed by atoms with Gasteiger partial charge in [-0.05, 0) is 61.7 Å². The predicted molar refractivity (Wildman–Crippen MR) is 94.5 cm³/mol. The van der Waals surface area contributed by atoms with Crippen molar-refractivity contribution in [3.8, 4) is 0 Å². The summed E-state index contributed by atoms with van der Waals surface area (Å²) in [5.41, 5.74) is 0.826. The maximum Gasteiger partial charge on any atom is 0.416 e. The highest BCUT2D eigenvalue weighted by atomic mass is 19.4. The molecule has 0 aromatic heterocycles. The standard InChI is InChI=1S/C21H23F4N/c1-14(19-7-4-12-26(19)2)20(15-8-10-18(22)11-9-15)16-5-3-6-17(13-16)21(23,24)25/h3,5-6,8-11,13-14,19-20H,4,7,12H2,1-2H3/t14-,19-,20-/m1/s1. The minimum absolute atomic E-state index is 0.108. The molecule has 0 saturated carbocycles. The molecule has 26 heavy (non-hydrogen) atoms. The van der Waals surface area contributed by atoms with Gasteiger partial charge in [-0.3, -0.25) is 0 Å². The summed E-state index contributed by atoms with van der Waals surface area (Å²) in [5.74, 6) is -0.456. The second-order valence-electron chi connectivity index (χ2n) is 7.20. The van der Waals surface area contributed by atoms with Crippen LogP contribution in [0.5, 0.6) is 0 Å². The van der Waals surface area contributed by atoms with Crippen LogP contribution in [0.15, 0.2) is 48.5 Å². The molecule has 0 bridgehead atoms. The Morgan fingerprint density at radius 2 is 1.73 bits per heavy atom. The van der Waals surface area contributed by atoms with E-state index in [2.05, 4.69) is 18.9 Å². The number of benzene rings is 2. The van der Waals surface area contributed by atoms with E-state index >= 15 is 0 Å². The zero-order valence-electron chi connectivity index (χ0n) is 14.9. The number of rotatable bonds is 4. The van der Waals surface area contributed by atoms with E-state index in [4.69, 9.17) is 0 Å². The molecule has 2 aromatic rings. The fourth-order valence-electron chi connectivity index (χ4n) is 4.20. The summed E-state index contributed by atoms with van der Waals surface area (Å²) >= 11 is 0. The Morgan fingerprint density at radius 3 is 2.31 bits per heavy atom. The fourth-order valence-corrected chi connectivity index (χ4v) is 4.20. The molecular formula is C21H23F4N. The monoisotopic (exact) mass is 365 g/mol. The van der Waals surface area contributed by atoms with Crippen molar-refractivity contribution in [3.63, 3.8) is 0 Å². The zero-order chi connectivity index (χ0) is 18.9. The number of hydrogen-bond donors (Lipinski definition) is 0. The number of likely N-dealkylation sites (tertiary alicyclic amines) is 1. The van der Waals surface area contributed by atoms with Gasteiger partial charge in [-0.15, -0.1) is 0 Å². The predicted octanol–water partition coefficient (Wildman–Crippen LogP) is 5.71. The molecular weight excluding hydrogens is 342 g/mol. The quantitative estimate of drug-likeness (QED) is 0.628. The van der Waals surface area contributed by atoms with E-state index in [0.717, 1.165) is 31.0 Å². The summed E-state index contributed by atoms with van der Waals surface area (Å²) in [6.45, 7) is 3.08. The van der Waals surface area contributed by atoms with E-state index in [1.165, 1.54) is 24.3 Å². The first kappa shape index (κ1) is 18.9. The van der Waals surface area contributed by atoms with Crippen LogP contribution in [-0.2, 0) is 6.18 Å². The molecule has 5 heteroatoms. The first-order valence-electron chi connectivity index (χ1n) is 8.90. The van der Waals surface area contributed by atoms with E-state index in [-0.39, 0.29) is 17.7 Å². The third-order valence-corrected chi connectivity index (χ3v) is 5.51. The molecule has 1 fully saturated rings. The van der Waals surface area contributed by atoms with Gasteiger partial charge in [0.15, 0.2) is 0 Å². The first-order chi connectivity index (χ1) is 12.3. The minimum atomic E-state index is -4.38. The van der Waals surface area contributed by atoms with Crippen LogP contribution in [0, 0.1) is 11.7 Å². The highest BCUT2D eigenvalue weighted by molar-refractivity contribution is 5.37. The molecule has 3 atom stereocenters. The third kappa shape index (κ3) is 3.93. The van der Waals surface area contributed by atoms with Gasteiger partial charge in [-0.25, -0.2) is 4.39 Å². The van der Waals surface area contributed by atoms with Gasteiger partial charge in [0.25, 0.3) is 0 Å². The molecule has 1 aliphatic heterocycles. The van der Waals surface area contributed by atoms with Crippen LogP contribution >= 0.6 is 0 Å². The second kappa shape index (κ2) is 7.39. The highest BCUT2D eigenvalue weighted by Gasteiger charge is 2.35. The van der Waals surface area contributed by atoms with Crippen molar-refractivity contribution in [2.45, 2.75) is 37.9 Å². The molecule has 0 amide bonds. The highest BCUT2D eigenvalue weighted by Crippen LogP contribution is 2.40. The molecule has 1 heterocycles. The van der Waals surface area contributed by atoms with Crippen molar-refractivity contribution in [2.24, 2.45) is 5.92 Å². The minimum Gasteiger partial charge on any atom is -0.303 e. The zero-order valence-corrected chi connectivity index (χ0v) is 14.9. The Kier molecular flexibility index (Phi) is 5.37. The molecule has 3 rings (SSSR count). The van der Waals surface area contributed by atoms with Crippen LogP contribution < -0.4 is 0 Å². The van der Waals surface area contributed by atoms with Gasteiger partial charge in [0, 0.05) is 12.0 Å². The SMILES string of the molecule is C[C@@H]([C@H](c1ccc(F)cc1)c1cccc(C(F)(F)F)c1)[C@H]1CCCN1C. The van der Waals surface area contributed by atoms with E-state index in [1.807, 2.05) is 0 Å². The average molecular weight is 365 g/mol. The summed E-state index contributed by atoms with van der Waals surface area (Å²) in [6.07, 6.45) is -2.27. The molecule has 0 spiro atoms. The van der Waals surface area contributed by atoms with E-state index in [0.29, 0.717) is 11.6 Å². The second-order valence-corrected chi connectivity index (χ2v) is 7.20. The Morgan fingerprint density at radius 1 is 1.04 bits per heavy atom. The molecule has 0 radical (unpaired) electrons. The van der Waals surface area contributed by atoms with E-state index in [9.17, 15) is 17.6 Å². The number of halogens is 4. The van der Waals surface area contributed by atoms with Crippen LogP contribution in [0.2, 0.25) is 0 Å². The van der Waals surface area contributed by atoms with Crippen molar-refractivity contribution in [3.05, 3.63) is 71.0 Å². The molecule has 1 saturated heterocycles. The third-order valence-electron chi connectivity index (χ3n) is 5.51. The van der Waals surface area contributed by atoms with Crippen LogP contribution in [0.25, 0.3) is 0 Å². The lowest BCUT2D eigenvalue weighted by molar-refractivity contribution is -0.137. The topological polar surface area (TPSA) is 3.24 Å². The Labute approximate surface area is 151 Å². The van der Waals surface area contributed by atoms with Gasteiger partial charge in [-0.2, -0.15) is 13.2 Å². The van der Waals surface area contributed by atoms with Crippen molar-refractivity contribution in [1.82, 2.24) is 4.90 Å². The Balaban J connectivity index is 2.04. The Hall–Kier alpha value is -1.88. The largest absolute Gasteiger partial charge is 0.416 e. The molecule has 140 valence electrons. The normalized spacial score (nSPS) is 20.9. The van der Waals surface area contributed by atoms with Crippen molar-refractivity contribution >= 4 is 0 Å². The first-order valence-corrected chi connectivity index (χ1v) is 8.90. The maximum atomic E-state index is 13.4. The lowest BCUT2D eigenvalue weighted by atomic mass is 9.77. The number of hydrogen-bond acceptors (Lipinski definition) is 1. The van der Waals surface area contributed by atoms with Gasteiger partial charge < -0.3 is 4.90 Å². The molecule has 0 aliphatic carbocycles. The molecule has 2 aromatic carbocycles.